The molecule has 0 amide bonds. The molecular formula is C16H22N2O2. The number of carbonyl (C=O) groups is 1. The Morgan fingerprint density at radius 2 is 2.15 bits per heavy atom. The first-order valence-electron chi connectivity index (χ1n) is 7.26. The third kappa shape index (κ3) is 2.84. The average Bonchev–Trinajstić information content (AvgIpc) is 2.73. The molecule has 0 atom stereocenters. The average molecular weight is 274 g/mol. The molecule has 1 aromatic heterocycles. The summed E-state index contributed by atoms with van der Waals surface area (Å²) >= 11 is 0. The predicted molar refractivity (Wildman–Crippen MR) is 80.1 cm³/mol. The Kier molecular flexibility index (Phi) is 4.42. The summed E-state index contributed by atoms with van der Waals surface area (Å²) in [5.74, 6) is 0.695. The summed E-state index contributed by atoms with van der Waals surface area (Å²) in [6, 6.07) is 5.32. The van der Waals surface area contributed by atoms with Crippen molar-refractivity contribution >= 4 is 17.0 Å². The van der Waals surface area contributed by atoms with Gasteiger partial charge in [-0.2, -0.15) is 0 Å². The van der Waals surface area contributed by atoms with Crippen molar-refractivity contribution in [3.63, 3.8) is 0 Å². The molecule has 4 nitrogen and oxygen atoms in total. The summed E-state index contributed by atoms with van der Waals surface area (Å²) in [4.78, 5) is 16.1. The molecule has 1 N–H and O–H groups in total. The molecule has 108 valence electrons. The number of nitrogens with zero attached hydrogens (tertiary/aromatic N) is 2. The minimum absolute atomic E-state index is 0.348. The van der Waals surface area contributed by atoms with E-state index in [4.69, 9.17) is 0 Å². The zero-order valence-electron chi connectivity index (χ0n) is 12.4. The van der Waals surface area contributed by atoms with Crippen LogP contribution < -0.4 is 0 Å². The lowest BCUT2D eigenvalue weighted by Gasteiger charge is -2.11. The summed E-state index contributed by atoms with van der Waals surface area (Å²) in [6.07, 6.45) is 2.91. The van der Waals surface area contributed by atoms with Gasteiger partial charge in [0.05, 0.1) is 16.6 Å². The monoisotopic (exact) mass is 274 g/mol. The Hall–Kier alpha value is -1.84. The van der Waals surface area contributed by atoms with Crippen molar-refractivity contribution in [3.8, 4) is 0 Å². The van der Waals surface area contributed by atoms with E-state index in [-0.39, 0.29) is 0 Å². The van der Waals surface area contributed by atoms with Crippen molar-refractivity contribution in [2.24, 2.45) is 5.92 Å². The normalized spacial score (nSPS) is 11.4. The van der Waals surface area contributed by atoms with Gasteiger partial charge in [-0.05, 0) is 30.9 Å². The molecule has 1 heterocycles. The number of carboxylic acid groups (broad SMARTS) is 1. The summed E-state index contributed by atoms with van der Waals surface area (Å²) < 4.78 is 2.10. The van der Waals surface area contributed by atoms with E-state index in [9.17, 15) is 9.90 Å². The van der Waals surface area contributed by atoms with Gasteiger partial charge < -0.3 is 9.67 Å². The largest absolute Gasteiger partial charge is 0.478 e. The molecule has 1 aromatic carbocycles. The van der Waals surface area contributed by atoms with E-state index in [1.165, 1.54) is 0 Å². The van der Waals surface area contributed by atoms with Crippen LogP contribution in [-0.2, 0) is 13.0 Å². The van der Waals surface area contributed by atoms with Crippen molar-refractivity contribution < 1.29 is 9.90 Å². The number of benzene rings is 1. The van der Waals surface area contributed by atoms with Gasteiger partial charge in [-0.15, -0.1) is 0 Å². The number of aryl methyl sites for hydroxylation is 2. The number of aromatic nitrogens is 2. The standard InChI is InChI=1S/C16H22N2O2/c1-4-6-14-17-13-8-5-7-12(16(19)20)15(13)18(14)10-9-11(2)3/h5,7-8,11H,4,6,9-10H2,1-3H3,(H,19,20). The highest BCUT2D eigenvalue weighted by atomic mass is 16.4. The predicted octanol–water partition coefficient (Wildman–Crippen LogP) is 3.73. The van der Waals surface area contributed by atoms with E-state index in [1.54, 1.807) is 12.1 Å². The van der Waals surface area contributed by atoms with Crippen LogP contribution in [-0.4, -0.2) is 20.6 Å². The number of aromatic carboxylic acids is 1. The van der Waals surface area contributed by atoms with E-state index in [0.29, 0.717) is 11.5 Å². The summed E-state index contributed by atoms with van der Waals surface area (Å²) in [5.41, 5.74) is 1.90. The second kappa shape index (κ2) is 6.07. The number of fused-ring (bicyclic) bond motifs is 1. The Balaban J connectivity index is 2.58. The SMILES string of the molecule is CCCc1nc2cccc(C(=O)O)c2n1CCC(C)C. The summed E-state index contributed by atoms with van der Waals surface area (Å²) in [5, 5.41) is 9.38. The fourth-order valence-electron chi connectivity index (χ4n) is 2.45. The zero-order valence-corrected chi connectivity index (χ0v) is 12.4. The van der Waals surface area contributed by atoms with Gasteiger partial charge in [-0.3, -0.25) is 0 Å². The van der Waals surface area contributed by atoms with Crippen LogP contribution in [0.5, 0.6) is 0 Å². The maximum atomic E-state index is 11.4. The lowest BCUT2D eigenvalue weighted by atomic mass is 10.1. The van der Waals surface area contributed by atoms with Crippen LogP contribution in [0.1, 0.15) is 49.8 Å². The fraction of sp³-hybridized carbons (Fsp3) is 0.500. The minimum atomic E-state index is -0.885. The zero-order chi connectivity index (χ0) is 14.7. The van der Waals surface area contributed by atoms with E-state index in [2.05, 4.69) is 30.3 Å². The molecule has 0 fully saturated rings. The molecule has 20 heavy (non-hydrogen) atoms. The second-order valence-electron chi connectivity index (χ2n) is 5.59. The molecule has 2 rings (SSSR count). The lowest BCUT2D eigenvalue weighted by molar-refractivity contribution is 0.0698. The number of hydrogen-bond acceptors (Lipinski definition) is 2. The van der Waals surface area contributed by atoms with Crippen LogP contribution in [0.3, 0.4) is 0 Å². The highest BCUT2D eigenvalue weighted by molar-refractivity contribution is 6.01. The van der Waals surface area contributed by atoms with Crippen molar-refractivity contribution in [1.82, 2.24) is 9.55 Å². The fourth-order valence-corrected chi connectivity index (χ4v) is 2.45. The smallest absolute Gasteiger partial charge is 0.337 e. The highest BCUT2D eigenvalue weighted by Gasteiger charge is 2.17. The number of carboxylic acids is 1. The van der Waals surface area contributed by atoms with Crippen molar-refractivity contribution in [2.45, 2.75) is 46.6 Å². The van der Waals surface area contributed by atoms with Gasteiger partial charge in [0.25, 0.3) is 0 Å². The van der Waals surface area contributed by atoms with Gasteiger partial charge in [0.1, 0.15) is 5.82 Å². The van der Waals surface area contributed by atoms with Gasteiger partial charge in [0.15, 0.2) is 0 Å². The minimum Gasteiger partial charge on any atom is -0.478 e. The first-order chi connectivity index (χ1) is 9.54. The molecule has 0 aliphatic heterocycles. The van der Waals surface area contributed by atoms with Crippen LogP contribution in [0.25, 0.3) is 11.0 Å². The molecule has 0 saturated heterocycles. The lowest BCUT2D eigenvalue weighted by Crippen LogP contribution is -2.09. The Morgan fingerprint density at radius 1 is 1.40 bits per heavy atom. The third-order valence-electron chi connectivity index (χ3n) is 3.48. The summed E-state index contributed by atoms with van der Waals surface area (Å²) in [7, 11) is 0. The van der Waals surface area contributed by atoms with Crippen LogP contribution >= 0.6 is 0 Å². The topological polar surface area (TPSA) is 55.1 Å². The molecule has 0 spiro atoms. The first kappa shape index (κ1) is 14.6. The second-order valence-corrected chi connectivity index (χ2v) is 5.59. The van der Waals surface area contributed by atoms with Crippen molar-refractivity contribution in [2.75, 3.05) is 0 Å². The van der Waals surface area contributed by atoms with Crippen molar-refractivity contribution in [3.05, 3.63) is 29.6 Å². The molecule has 0 unspecified atom stereocenters. The molecule has 0 saturated carbocycles. The molecule has 0 radical (unpaired) electrons. The molecule has 4 heteroatoms. The van der Waals surface area contributed by atoms with Gasteiger partial charge in [0, 0.05) is 13.0 Å². The quantitative estimate of drug-likeness (QED) is 0.873. The van der Waals surface area contributed by atoms with E-state index in [0.717, 1.165) is 42.7 Å². The Bertz CT molecular complexity index is 614. The highest BCUT2D eigenvalue weighted by Crippen LogP contribution is 2.23. The maximum absolute atomic E-state index is 11.4. The van der Waals surface area contributed by atoms with Crippen LogP contribution in [0.4, 0.5) is 0 Å². The van der Waals surface area contributed by atoms with Crippen LogP contribution in [0, 0.1) is 5.92 Å². The molecule has 0 bridgehead atoms. The van der Waals surface area contributed by atoms with Gasteiger partial charge >= 0.3 is 5.97 Å². The van der Waals surface area contributed by atoms with Crippen LogP contribution in [0.15, 0.2) is 18.2 Å². The Labute approximate surface area is 119 Å². The number of rotatable bonds is 6. The maximum Gasteiger partial charge on any atom is 0.337 e. The van der Waals surface area contributed by atoms with Crippen molar-refractivity contribution in [1.29, 1.82) is 0 Å². The molecule has 0 aliphatic rings. The van der Waals surface area contributed by atoms with E-state index in [1.807, 2.05) is 6.07 Å². The number of para-hydroxylation sites is 1. The van der Waals surface area contributed by atoms with E-state index < -0.39 is 5.97 Å². The number of hydrogen-bond donors (Lipinski definition) is 1. The molecule has 0 aliphatic carbocycles. The first-order valence-corrected chi connectivity index (χ1v) is 7.26. The van der Waals surface area contributed by atoms with Gasteiger partial charge in [-0.1, -0.05) is 26.8 Å². The van der Waals surface area contributed by atoms with E-state index >= 15 is 0 Å². The number of imidazole rings is 1. The van der Waals surface area contributed by atoms with Crippen LogP contribution in [0.2, 0.25) is 0 Å². The third-order valence-corrected chi connectivity index (χ3v) is 3.48. The van der Waals surface area contributed by atoms with Gasteiger partial charge in [0.2, 0.25) is 0 Å². The summed E-state index contributed by atoms with van der Waals surface area (Å²) in [6.45, 7) is 7.30. The molecular weight excluding hydrogens is 252 g/mol. The Morgan fingerprint density at radius 3 is 2.75 bits per heavy atom. The molecule has 2 aromatic rings. The van der Waals surface area contributed by atoms with Gasteiger partial charge in [-0.25, -0.2) is 9.78 Å².